The van der Waals surface area contributed by atoms with Crippen LogP contribution in [0.15, 0.2) is 60.7 Å². The van der Waals surface area contributed by atoms with Gasteiger partial charge in [0.15, 0.2) is 0 Å². The van der Waals surface area contributed by atoms with Crippen LogP contribution in [0.25, 0.3) is 11.1 Å². The molecule has 0 spiro atoms. The van der Waals surface area contributed by atoms with Crippen LogP contribution in [-0.2, 0) is 12.5 Å². The first-order valence-electron chi connectivity index (χ1n) is 10.6. The predicted molar refractivity (Wildman–Crippen MR) is 122 cm³/mol. The summed E-state index contributed by atoms with van der Waals surface area (Å²) in [6, 6.07) is 17.6. The Morgan fingerprint density at radius 1 is 0.700 bits per heavy atom. The second-order valence-corrected chi connectivity index (χ2v) is 13.3. The fourth-order valence-electron chi connectivity index (χ4n) is 4.03. The minimum atomic E-state index is -2.45. The Bertz CT molecular complexity index is 953. The maximum absolute atomic E-state index is 15.1. The van der Waals surface area contributed by atoms with Gasteiger partial charge in [-0.3, -0.25) is 0 Å². The van der Waals surface area contributed by atoms with Gasteiger partial charge >= 0.3 is 0 Å². The van der Waals surface area contributed by atoms with Crippen LogP contribution in [-0.4, -0.2) is 8.07 Å². The van der Waals surface area contributed by atoms with Gasteiger partial charge in [-0.15, -0.1) is 0 Å². The second kappa shape index (κ2) is 9.65. The average Bonchev–Trinajstić information content (AvgIpc) is 2.69. The average molecular weight is 427 g/mol. The Morgan fingerprint density at radius 3 is 1.83 bits per heavy atom. The van der Waals surface area contributed by atoms with Gasteiger partial charge in [0.05, 0.1) is 8.07 Å². The van der Waals surface area contributed by atoms with Crippen molar-refractivity contribution in [2.45, 2.75) is 51.7 Å². The lowest BCUT2D eigenvalue weighted by Crippen LogP contribution is -2.48. The standard InChI is InChI=1S/C26H29F3Si/c1-4-5-6-7-19-8-12-21(13-9-19)22-16-24(28)26(25(29)17-22)30(2,3)18-20-10-14-23(27)15-11-20/h8-17H,4-7,18H2,1-3H3. The number of halogens is 3. The van der Waals surface area contributed by atoms with Gasteiger partial charge in [0.1, 0.15) is 17.5 Å². The molecular weight excluding hydrogens is 397 g/mol. The molecule has 0 saturated carbocycles. The van der Waals surface area contributed by atoms with Crippen molar-refractivity contribution in [3.63, 3.8) is 0 Å². The quantitative estimate of drug-likeness (QED) is 0.264. The molecule has 4 heteroatoms. The van der Waals surface area contributed by atoms with E-state index in [1.165, 1.54) is 42.7 Å². The summed E-state index contributed by atoms with van der Waals surface area (Å²) in [5, 5.41) is 0.201. The second-order valence-electron chi connectivity index (χ2n) is 8.66. The van der Waals surface area contributed by atoms with Gasteiger partial charge in [-0.1, -0.05) is 74.8 Å². The molecule has 30 heavy (non-hydrogen) atoms. The van der Waals surface area contributed by atoms with Crippen molar-refractivity contribution >= 4 is 13.3 Å². The Morgan fingerprint density at radius 2 is 1.27 bits per heavy atom. The summed E-state index contributed by atoms with van der Waals surface area (Å²) in [4.78, 5) is 0. The van der Waals surface area contributed by atoms with Gasteiger partial charge in [-0.05, 0) is 59.8 Å². The van der Waals surface area contributed by atoms with Crippen molar-refractivity contribution in [3.05, 3.63) is 89.2 Å². The highest BCUT2D eigenvalue weighted by Crippen LogP contribution is 2.25. The summed E-state index contributed by atoms with van der Waals surface area (Å²) in [7, 11) is -2.45. The van der Waals surface area contributed by atoms with E-state index >= 15 is 8.78 Å². The third kappa shape index (κ3) is 5.42. The fourth-order valence-corrected chi connectivity index (χ4v) is 6.90. The van der Waals surface area contributed by atoms with Crippen LogP contribution in [0.4, 0.5) is 13.2 Å². The summed E-state index contributed by atoms with van der Waals surface area (Å²) >= 11 is 0. The van der Waals surface area contributed by atoms with Crippen LogP contribution in [0.1, 0.15) is 37.3 Å². The Hall–Kier alpha value is -2.33. The minimum Gasteiger partial charge on any atom is -0.207 e. The molecule has 0 amide bonds. The molecule has 0 aliphatic rings. The highest BCUT2D eigenvalue weighted by atomic mass is 28.3. The maximum atomic E-state index is 15.1. The molecule has 0 radical (unpaired) electrons. The van der Waals surface area contributed by atoms with Crippen molar-refractivity contribution in [1.29, 1.82) is 0 Å². The van der Waals surface area contributed by atoms with Gasteiger partial charge in [-0.25, -0.2) is 13.2 Å². The van der Waals surface area contributed by atoms with E-state index in [2.05, 4.69) is 6.92 Å². The van der Waals surface area contributed by atoms with Crippen molar-refractivity contribution < 1.29 is 13.2 Å². The molecule has 0 aliphatic heterocycles. The Kier molecular flexibility index (Phi) is 7.19. The summed E-state index contributed by atoms with van der Waals surface area (Å²) in [6.45, 7) is 6.07. The van der Waals surface area contributed by atoms with Crippen LogP contribution >= 0.6 is 0 Å². The number of aryl methyl sites for hydroxylation is 1. The molecule has 0 heterocycles. The van der Waals surface area contributed by atoms with Gasteiger partial charge in [0, 0.05) is 5.19 Å². The van der Waals surface area contributed by atoms with E-state index in [1.54, 1.807) is 12.1 Å². The van der Waals surface area contributed by atoms with E-state index in [0.29, 0.717) is 11.6 Å². The topological polar surface area (TPSA) is 0 Å². The molecule has 0 fully saturated rings. The summed E-state index contributed by atoms with van der Waals surface area (Å²) < 4.78 is 43.3. The van der Waals surface area contributed by atoms with Crippen molar-refractivity contribution in [3.8, 4) is 11.1 Å². The number of rotatable bonds is 8. The first-order chi connectivity index (χ1) is 14.3. The zero-order valence-corrected chi connectivity index (χ0v) is 18.9. The van der Waals surface area contributed by atoms with E-state index in [9.17, 15) is 4.39 Å². The van der Waals surface area contributed by atoms with Gasteiger partial charge in [0.25, 0.3) is 0 Å². The first kappa shape index (κ1) is 22.4. The fraction of sp³-hybridized carbons (Fsp3) is 0.308. The number of hydrogen-bond acceptors (Lipinski definition) is 0. The highest BCUT2D eigenvalue weighted by Gasteiger charge is 2.31. The first-order valence-corrected chi connectivity index (χ1v) is 13.8. The zero-order valence-electron chi connectivity index (χ0n) is 17.9. The molecule has 3 aromatic carbocycles. The molecular formula is C26H29F3Si. The normalized spacial score (nSPS) is 11.7. The van der Waals surface area contributed by atoms with Crippen molar-refractivity contribution in [2.24, 2.45) is 0 Å². The van der Waals surface area contributed by atoms with Crippen LogP contribution in [0.2, 0.25) is 13.1 Å². The van der Waals surface area contributed by atoms with E-state index in [4.69, 9.17) is 0 Å². The summed E-state index contributed by atoms with van der Waals surface area (Å²) in [6.07, 6.45) is 4.57. The van der Waals surface area contributed by atoms with E-state index in [-0.39, 0.29) is 11.0 Å². The monoisotopic (exact) mass is 426 g/mol. The third-order valence-corrected chi connectivity index (χ3v) is 8.76. The highest BCUT2D eigenvalue weighted by molar-refractivity contribution is 6.89. The van der Waals surface area contributed by atoms with Gasteiger partial charge in [0.2, 0.25) is 0 Å². The number of hydrogen-bond donors (Lipinski definition) is 0. The molecule has 3 rings (SSSR count). The van der Waals surface area contributed by atoms with Crippen LogP contribution in [0, 0.1) is 17.5 Å². The zero-order chi connectivity index (χ0) is 21.7. The minimum absolute atomic E-state index is 0.201. The molecule has 3 aromatic rings. The predicted octanol–water partition coefficient (Wildman–Crippen LogP) is 7.20. The molecule has 0 bridgehead atoms. The van der Waals surface area contributed by atoms with Gasteiger partial charge < -0.3 is 0 Å². The molecule has 0 N–H and O–H groups in total. The summed E-state index contributed by atoms with van der Waals surface area (Å²) in [5.74, 6) is -1.29. The van der Waals surface area contributed by atoms with Crippen LogP contribution in [0.3, 0.4) is 0 Å². The molecule has 0 aromatic heterocycles. The third-order valence-electron chi connectivity index (χ3n) is 5.63. The summed E-state index contributed by atoms with van der Waals surface area (Å²) in [5.41, 5.74) is 3.52. The Balaban J connectivity index is 1.83. The van der Waals surface area contributed by atoms with E-state index in [0.717, 1.165) is 24.0 Å². The van der Waals surface area contributed by atoms with Crippen LogP contribution in [0.5, 0.6) is 0 Å². The van der Waals surface area contributed by atoms with E-state index < -0.39 is 19.7 Å². The van der Waals surface area contributed by atoms with Crippen molar-refractivity contribution in [2.75, 3.05) is 0 Å². The lowest BCUT2D eigenvalue weighted by Gasteiger charge is -2.25. The SMILES string of the molecule is CCCCCc1ccc(-c2cc(F)c([Si](C)(C)Cc3ccc(F)cc3)c(F)c2)cc1. The van der Waals surface area contributed by atoms with E-state index in [1.807, 2.05) is 37.4 Å². The maximum Gasteiger partial charge on any atom is 0.125 e. The lowest BCUT2D eigenvalue weighted by atomic mass is 10.0. The largest absolute Gasteiger partial charge is 0.207 e. The van der Waals surface area contributed by atoms with Crippen LogP contribution < -0.4 is 5.19 Å². The molecule has 0 atom stereocenters. The van der Waals surface area contributed by atoms with Crippen molar-refractivity contribution in [1.82, 2.24) is 0 Å². The smallest absolute Gasteiger partial charge is 0.125 e. The molecule has 0 unspecified atom stereocenters. The molecule has 0 saturated heterocycles. The number of benzene rings is 3. The molecule has 0 nitrogen and oxygen atoms in total. The van der Waals surface area contributed by atoms with Gasteiger partial charge in [-0.2, -0.15) is 0 Å². The Labute approximate surface area is 178 Å². The molecule has 158 valence electrons. The number of unbranched alkanes of at least 4 members (excludes halogenated alkanes) is 2. The lowest BCUT2D eigenvalue weighted by molar-refractivity contribution is 0.596. The molecule has 0 aliphatic carbocycles.